The molecule has 1 heterocycles. The third-order valence-electron chi connectivity index (χ3n) is 3.01. The normalized spacial score (nSPS) is 20.2. The first-order valence-corrected chi connectivity index (χ1v) is 6.21. The molecule has 0 saturated carbocycles. The third-order valence-corrected chi connectivity index (χ3v) is 3.01. The van der Waals surface area contributed by atoms with Crippen LogP contribution in [0.2, 0.25) is 0 Å². The van der Waals surface area contributed by atoms with Gasteiger partial charge in [-0.1, -0.05) is 0 Å². The second kappa shape index (κ2) is 6.09. The highest BCUT2D eigenvalue weighted by Gasteiger charge is 2.26. The third kappa shape index (κ3) is 4.22. The van der Waals surface area contributed by atoms with Crippen molar-refractivity contribution < 1.29 is 4.39 Å². The monoisotopic (exact) mass is 254 g/mol. The molecule has 1 fully saturated rings. The zero-order valence-corrected chi connectivity index (χ0v) is 11.8. The Balaban J connectivity index is 2.64. The Kier molecular flexibility index (Phi) is 5.02. The Morgan fingerprint density at radius 3 is 2.17 bits per heavy atom. The highest BCUT2D eigenvalue weighted by molar-refractivity contribution is 5.84. The van der Waals surface area contributed by atoms with Crippen LogP contribution < -0.4 is 0 Å². The fourth-order valence-corrected chi connectivity index (χ4v) is 1.95. The number of hydrogen-bond acceptors (Lipinski definition) is 2. The standard InChI is InChI=1S/C13H23FN4/c1-11(14)10-16-12(15-5)17-6-8-18(9-7-17)13(2,3)4/h10H,5-9H2,1-4H3/b11-10+,16-12+. The maximum absolute atomic E-state index is 12.6. The summed E-state index contributed by atoms with van der Waals surface area (Å²) < 4.78 is 12.6. The van der Waals surface area contributed by atoms with Crippen LogP contribution in [0.1, 0.15) is 27.7 Å². The lowest BCUT2D eigenvalue weighted by molar-refractivity contribution is 0.0880. The lowest BCUT2D eigenvalue weighted by atomic mass is 10.1. The van der Waals surface area contributed by atoms with Gasteiger partial charge in [-0.2, -0.15) is 0 Å². The molecule has 18 heavy (non-hydrogen) atoms. The Bertz CT molecular complexity index is 342. The highest BCUT2D eigenvalue weighted by atomic mass is 19.1. The van der Waals surface area contributed by atoms with Gasteiger partial charge in [-0.25, -0.2) is 14.4 Å². The van der Waals surface area contributed by atoms with Crippen molar-refractivity contribution in [1.29, 1.82) is 0 Å². The first kappa shape index (κ1) is 14.8. The molecule has 0 atom stereocenters. The van der Waals surface area contributed by atoms with Gasteiger partial charge in [-0.15, -0.1) is 0 Å². The van der Waals surface area contributed by atoms with E-state index < -0.39 is 0 Å². The second-order valence-electron chi connectivity index (χ2n) is 5.45. The summed E-state index contributed by atoms with van der Waals surface area (Å²) in [7, 11) is 0. The minimum atomic E-state index is -0.329. The van der Waals surface area contributed by atoms with Crippen molar-refractivity contribution >= 4 is 12.7 Å². The number of aliphatic imine (C=N–C) groups is 2. The summed E-state index contributed by atoms with van der Waals surface area (Å²) in [5.74, 6) is 0.171. The zero-order chi connectivity index (χ0) is 13.8. The van der Waals surface area contributed by atoms with Gasteiger partial charge in [0.25, 0.3) is 0 Å². The molecule has 0 bridgehead atoms. The van der Waals surface area contributed by atoms with Gasteiger partial charge in [0.05, 0.1) is 6.20 Å². The van der Waals surface area contributed by atoms with Crippen molar-refractivity contribution in [1.82, 2.24) is 9.80 Å². The van der Waals surface area contributed by atoms with Gasteiger partial charge in [-0.3, -0.25) is 4.90 Å². The molecular weight excluding hydrogens is 231 g/mol. The van der Waals surface area contributed by atoms with Crippen LogP contribution in [0.25, 0.3) is 0 Å². The van der Waals surface area contributed by atoms with E-state index in [1.807, 2.05) is 4.90 Å². The van der Waals surface area contributed by atoms with Gasteiger partial charge in [0.15, 0.2) is 0 Å². The van der Waals surface area contributed by atoms with E-state index in [0.29, 0.717) is 5.96 Å². The molecule has 102 valence electrons. The number of halogens is 1. The molecule has 0 aromatic rings. The Morgan fingerprint density at radius 1 is 1.22 bits per heavy atom. The first-order valence-electron chi connectivity index (χ1n) is 6.21. The van der Waals surface area contributed by atoms with Crippen molar-refractivity contribution in [3.8, 4) is 0 Å². The molecule has 0 amide bonds. The molecule has 1 aliphatic rings. The van der Waals surface area contributed by atoms with Crippen molar-refractivity contribution in [3.05, 3.63) is 12.0 Å². The van der Waals surface area contributed by atoms with Crippen LogP contribution in [0, 0.1) is 0 Å². The fourth-order valence-electron chi connectivity index (χ4n) is 1.95. The smallest absolute Gasteiger partial charge is 0.224 e. The van der Waals surface area contributed by atoms with E-state index in [4.69, 9.17) is 0 Å². The van der Waals surface area contributed by atoms with Crippen LogP contribution >= 0.6 is 0 Å². The predicted octanol–water partition coefficient (Wildman–Crippen LogP) is 2.29. The predicted molar refractivity (Wildman–Crippen MR) is 74.7 cm³/mol. The van der Waals surface area contributed by atoms with Gasteiger partial charge in [0, 0.05) is 31.7 Å². The fraction of sp³-hybridized carbons (Fsp3) is 0.692. The lowest BCUT2D eigenvalue weighted by Gasteiger charge is -2.42. The molecule has 0 aromatic heterocycles. The highest BCUT2D eigenvalue weighted by Crippen LogP contribution is 2.16. The minimum Gasteiger partial charge on any atom is -0.338 e. The molecule has 1 aliphatic heterocycles. The van der Waals surface area contributed by atoms with Crippen molar-refractivity contribution in [2.45, 2.75) is 33.2 Å². The van der Waals surface area contributed by atoms with Crippen molar-refractivity contribution in [2.24, 2.45) is 9.98 Å². The van der Waals surface area contributed by atoms with E-state index >= 15 is 0 Å². The minimum absolute atomic E-state index is 0.181. The summed E-state index contributed by atoms with van der Waals surface area (Å²) in [5, 5.41) is 0. The molecule has 0 unspecified atom stereocenters. The zero-order valence-electron chi connectivity index (χ0n) is 11.8. The maximum atomic E-state index is 12.6. The Hall–Kier alpha value is -1.23. The van der Waals surface area contributed by atoms with Crippen LogP contribution in [-0.4, -0.2) is 54.2 Å². The van der Waals surface area contributed by atoms with E-state index in [1.165, 1.54) is 13.1 Å². The largest absolute Gasteiger partial charge is 0.338 e. The molecule has 4 nitrogen and oxygen atoms in total. The van der Waals surface area contributed by atoms with Gasteiger partial charge < -0.3 is 4.90 Å². The van der Waals surface area contributed by atoms with Crippen LogP contribution in [-0.2, 0) is 0 Å². The van der Waals surface area contributed by atoms with Gasteiger partial charge in [0.1, 0.15) is 5.83 Å². The summed E-state index contributed by atoms with van der Waals surface area (Å²) in [4.78, 5) is 12.3. The average molecular weight is 254 g/mol. The topological polar surface area (TPSA) is 31.2 Å². The number of guanidine groups is 1. The molecule has 0 spiro atoms. The Labute approximate surface area is 109 Å². The van der Waals surface area contributed by atoms with Gasteiger partial charge >= 0.3 is 0 Å². The summed E-state index contributed by atoms with van der Waals surface area (Å²) >= 11 is 0. The summed E-state index contributed by atoms with van der Waals surface area (Å²) in [5.41, 5.74) is 0.181. The van der Waals surface area contributed by atoms with E-state index in [2.05, 4.69) is 42.4 Å². The molecule has 1 rings (SSSR count). The molecule has 1 saturated heterocycles. The van der Waals surface area contributed by atoms with Crippen LogP contribution in [0.4, 0.5) is 4.39 Å². The summed E-state index contributed by atoms with van der Waals surface area (Å²) in [6.45, 7) is 15.1. The number of allylic oxidation sites excluding steroid dienone is 1. The van der Waals surface area contributed by atoms with Crippen molar-refractivity contribution in [3.63, 3.8) is 0 Å². The maximum Gasteiger partial charge on any atom is 0.224 e. The molecule has 0 aromatic carbocycles. The molecule has 0 radical (unpaired) electrons. The Morgan fingerprint density at radius 2 is 1.78 bits per heavy atom. The molecular formula is C13H23FN4. The van der Waals surface area contributed by atoms with Crippen LogP contribution in [0.3, 0.4) is 0 Å². The first-order chi connectivity index (χ1) is 8.34. The number of rotatable bonds is 1. The second-order valence-corrected chi connectivity index (χ2v) is 5.45. The van der Waals surface area contributed by atoms with E-state index in [9.17, 15) is 4.39 Å². The van der Waals surface area contributed by atoms with Crippen molar-refractivity contribution in [2.75, 3.05) is 26.2 Å². The lowest BCUT2D eigenvalue weighted by Crippen LogP contribution is -2.54. The summed E-state index contributed by atoms with van der Waals surface area (Å²) in [6, 6.07) is 0. The molecule has 5 heteroatoms. The van der Waals surface area contributed by atoms with E-state index in [-0.39, 0.29) is 11.4 Å². The van der Waals surface area contributed by atoms with E-state index in [0.717, 1.165) is 26.2 Å². The van der Waals surface area contributed by atoms with E-state index in [1.54, 1.807) is 0 Å². The van der Waals surface area contributed by atoms with Crippen LogP contribution in [0.15, 0.2) is 22.0 Å². The number of hydrogen-bond donors (Lipinski definition) is 0. The number of piperazine rings is 1. The SMILES string of the molecule is C=N/C(=N\C=C(/C)F)N1CCN(C(C)(C)C)CC1. The van der Waals surface area contributed by atoms with Gasteiger partial charge in [0.2, 0.25) is 5.96 Å². The molecule has 0 aliphatic carbocycles. The quantitative estimate of drug-likeness (QED) is 0.531. The average Bonchev–Trinajstić information content (AvgIpc) is 2.29. The van der Waals surface area contributed by atoms with Crippen LogP contribution in [0.5, 0.6) is 0 Å². The summed E-state index contributed by atoms with van der Waals surface area (Å²) in [6.07, 6.45) is 1.18. The van der Waals surface area contributed by atoms with Gasteiger partial charge in [-0.05, 0) is 34.4 Å². The number of nitrogens with zero attached hydrogens (tertiary/aromatic N) is 4. The molecule has 0 N–H and O–H groups in total.